The Hall–Kier alpha value is -4.56. The highest BCUT2D eigenvalue weighted by Gasteiger charge is 2.38. The number of rotatable bonds is 3. The number of aromatic nitrogens is 2. The molecule has 1 aliphatic rings. The van der Waals surface area contributed by atoms with Gasteiger partial charge in [-0.2, -0.15) is 0 Å². The number of fused-ring (bicyclic) bond motifs is 5. The van der Waals surface area contributed by atoms with Gasteiger partial charge in [-0.05, 0) is 45.2 Å². The van der Waals surface area contributed by atoms with Crippen LogP contribution in [0.3, 0.4) is 0 Å². The van der Waals surface area contributed by atoms with Gasteiger partial charge in [0.2, 0.25) is 0 Å². The summed E-state index contributed by atoms with van der Waals surface area (Å²) in [5.41, 5.74) is 10.2. The third-order valence-electron chi connectivity index (χ3n) is 7.65. The van der Waals surface area contributed by atoms with Crippen molar-refractivity contribution >= 4 is 10.8 Å². The minimum absolute atomic E-state index is 0.124. The van der Waals surface area contributed by atoms with Crippen molar-refractivity contribution in [3.63, 3.8) is 0 Å². The molecular weight excluding hydrogens is 448 g/mol. The van der Waals surface area contributed by atoms with Crippen molar-refractivity contribution in [2.45, 2.75) is 19.3 Å². The Kier molecular flexibility index (Phi) is 4.84. The third kappa shape index (κ3) is 3.41. The lowest BCUT2D eigenvalue weighted by Crippen LogP contribution is -2.15. The van der Waals surface area contributed by atoms with Crippen molar-refractivity contribution in [1.82, 2.24) is 9.97 Å². The van der Waals surface area contributed by atoms with Crippen LogP contribution in [0.4, 0.5) is 0 Å². The molecule has 0 unspecified atom stereocenters. The highest BCUT2D eigenvalue weighted by molar-refractivity contribution is 6.04. The van der Waals surface area contributed by atoms with Crippen LogP contribution in [0, 0.1) is 0 Å². The quantitative estimate of drug-likeness (QED) is 0.256. The van der Waals surface area contributed by atoms with Crippen LogP contribution in [0.5, 0.6) is 0 Å². The molecule has 0 atom stereocenters. The first-order valence-corrected chi connectivity index (χ1v) is 12.8. The Balaban J connectivity index is 1.59. The van der Waals surface area contributed by atoms with E-state index in [1.807, 2.05) is 12.1 Å². The Morgan fingerprint density at radius 1 is 0.541 bits per heavy atom. The molecule has 0 fully saturated rings. The lowest BCUT2D eigenvalue weighted by atomic mass is 9.79. The molecule has 0 aliphatic heterocycles. The van der Waals surface area contributed by atoms with Gasteiger partial charge in [0.25, 0.3) is 0 Å². The van der Waals surface area contributed by atoms with Gasteiger partial charge < -0.3 is 0 Å². The fourth-order valence-electron chi connectivity index (χ4n) is 5.91. The first-order chi connectivity index (χ1) is 18.1. The van der Waals surface area contributed by atoms with E-state index < -0.39 is 0 Å². The molecule has 0 saturated heterocycles. The molecule has 1 aromatic heterocycles. The second-order valence-corrected chi connectivity index (χ2v) is 10.3. The second-order valence-electron chi connectivity index (χ2n) is 10.3. The monoisotopic (exact) mass is 474 g/mol. The van der Waals surface area contributed by atoms with E-state index >= 15 is 0 Å². The Morgan fingerprint density at radius 2 is 1.11 bits per heavy atom. The van der Waals surface area contributed by atoms with E-state index in [1.54, 1.807) is 0 Å². The van der Waals surface area contributed by atoms with E-state index in [2.05, 4.69) is 123 Å². The highest BCUT2D eigenvalue weighted by atomic mass is 14.9. The van der Waals surface area contributed by atoms with Crippen LogP contribution < -0.4 is 0 Å². The molecule has 37 heavy (non-hydrogen) atoms. The van der Waals surface area contributed by atoms with E-state index in [9.17, 15) is 0 Å². The van der Waals surface area contributed by atoms with E-state index in [4.69, 9.17) is 9.97 Å². The van der Waals surface area contributed by atoms with Crippen LogP contribution in [0.1, 0.15) is 25.0 Å². The average Bonchev–Trinajstić information content (AvgIpc) is 3.21. The minimum Gasteiger partial charge on any atom is -0.228 e. The van der Waals surface area contributed by atoms with Gasteiger partial charge in [-0.15, -0.1) is 0 Å². The number of hydrogen-bond donors (Lipinski definition) is 0. The largest absolute Gasteiger partial charge is 0.228 e. The van der Waals surface area contributed by atoms with Gasteiger partial charge in [-0.3, -0.25) is 0 Å². The van der Waals surface area contributed by atoms with Crippen molar-refractivity contribution < 1.29 is 0 Å². The average molecular weight is 475 g/mol. The topological polar surface area (TPSA) is 25.8 Å². The zero-order chi connectivity index (χ0) is 25.0. The van der Waals surface area contributed by atoms with Crippen LogP contribution in [0.25, 0.3) is 55.8 Å². The summed E-state index contributed by atoms with van der Waals surface area (Å²) in [5.74, 6) is 0.759. The fraction of sp³-hybridized carbons (Fsp3) is 0.0857. The van der Waals surface area contributed by atoms with E-state index in [-0.39, 0.29) is 5.41 Å². The third-order valence-corrected chi connectivity index (χ3v) is 7.65. The van der Waals surface area contributed by atoms with Gasteiger partial charge in [0.15, 0.2) is 5.82 Å². The van der Waals surface area contributed by atoms with E-state index in [1.165, 1.54) is 33.0 Å². The van der Waals surface area contributed by atoms with Crippen molar-refractivity contribution in [2.75, 3.05) is 0 Å². The smallest absolute Gasteiger partial charge is 0.161 e. The molecule has 0 spiro atoms. The van der Waals surface area contributed by atoms with Crippen LogP contribution in [0.15, 0.2) is 121 Å². The summed E-state index contributed by atoms with van der Waals surface area (Å²) in [6, 6.07) is 42.7. The van der Waals surface area contributed by atoms with Gasteiger partial charge in [-0.1, -0.05) is 123 Å². The van der Waals surface area contributed by atoms with Crippen LogP contribution >= 0.6 is 0 Å². The summed E-state index contributed by atoms with van der Waals surface area (Å²) in [6.45, 7) is 4.68. The molecule has 0 radical (unpaired) electrons. The van der Waals surface area contributed by atoms with Crippen LogP contribution in [0.2, 0.25) is 0 Å². The maximum absolute atomic E-state index is 5.19. The van der Waals surface area contributed by atoms with Crippen molar-refractivity contribution in [3.05, 3.63) is 132 Å². The molecule has 0 saturated carbocycles. The lowest BCUT2D eigenvalue weighted by Gasteiger charge is -2.24. The van der Waals surface area contributed by atoms with Crippen molar-refractivity contribution in [2.24, 2.45) is 0 Å². The summed E-state index contributed by atoms with van der Waals surface area (Å²) in [6.07, 6.45) is 0. The molecule has 1 aliphatic carbocycles. The summed E-state index contributed by atoms with van der Waals surface area (Å²) in [7, 11) is 0. The molecular formula is C35H26N2. The van der Waals surface area contributed by atoms with E-state index in [0.29, 0.717) is 0 Å². The predicted octanol–water partition coefficient (Wildman–Crippen LogP) is 8.94. The minimum atomic E-state index is -0.124. The normalized spacial score (nSPS) is 13.4. The highest BCUT2D eigenvalue weighted by Crippen LogP contribution is 2.54. The second kappa shape index (κ2) is 8.25. The Morgan fingerprint density at radius 3 is 1.78 bits per heavy atom. The zero-order valence-corrected chi connectivity index (χ0v) is 20.9. The summed E-state index contributed by atoms with van der Waals surface area (Å²) >= 11 is 0. The Bertz CT molecular complexity index is 1730. The summed E-state index contributed by atoms with van der Waals surface area (Å²) < 4.78 is 0. The maximum atomic E-state index is 5.19. The van der Waals surface area contributed by atoms with Gasteiger partial charge in [0.05, 0.1) is 11.4 Å². The van der Waals surface area contributed by atoms with Gasteiger partial charge >= 0.3 is 0 Å². The maximum Gasteiger partial charge on any atom is 0.161 e. The van der Waals surface area contributed by atoms with Crippen LogP contribution in [-0.4, -0.2) is 9.97 Å². The molecule has 176 valence electrons. The first kappa shape index (κ1) is 21.7. The Labute approximate surface area is 217 Å². The van der Waals surface area contributed by atoms with Crippen LogP contribution in [-0.2, 0) is 5.41 Å². The van der Waals surface area contributed by atoms with Gasteiger partial charge in [0, 0.05) is 22.1 Å². The molecule has 6 aromatic rings. The number of nitrogens with zero attached hydrogens (tertiary/aromatic N) is 2. The molecule has 2 nitrogen and oxygen atoms in total. The van der Waals surface area contributed by atoms with Crippen molar-refractivity contribution in [3.8, 4) is 45.0 Å². The van der Waals surface area contributed by atoms with Gasteiger partial charge in [0.1, 0.15) is 0 Å². The van der Waals surface area contributed by atoms with Crippen molar-refractivity contribution in [1.29, 1.82) is 0 Å². The summed E-state index contributed by atoms with van der Waals surface area (Å²) in [5, 5.41) is 2.51. The predicted molar refractivity (Wildman–Crippen MR) is 153 cm³/mol. The molecule has 1 heterocycles. The molecule has 0 bridgehead atoms. The van der Waals surface area contributed by atoms with Gasteiger partial charge in [-0.25, -0.2) is 9.97 Å². The molecule has 0 N–H and O–H groups in total. The number of hydrogen-bond acceptors (Lipinski definition) is 2. The fourth-order valence-corrected chi connectivity index (χ4v) is 5.91. The molecule has 7 rings (SSSR count). The molecule has 2 heteroatoms. The lowest BCUT2D eigenvalue weighted by molar-refractivity contribution is 0.666. The molecule has 5 aromatic carbocycles. The first-order valence-electron chi connectivity index (χ1n) is 12.8. The van der Waals surface area contributed by atoms with E-state index in [0.717, 1.165) is 33.9 Å². The SMILES string of the molecule is CC1(C)c2ccccc2-c2c(-c3nc(-c4ccccc4)cc(-c4ccccc4)n3)cc3ccccc3c21. The number of benzene rings is 5. The summed E-state index contributed by atoms with van der Waals surface area (Å²) in [4.78, 5) is 10.4. The standard InChI is InChI=1S/C35H26N2/c1-35(2)29-20-12-11-19-27(29)32-28(21-25-17-9-10-18-26(25)33(32)35)34-36-30(23-13-5-3-6-14-23)22-31(37-34)24-15-7-4-8-16-24/h3-22H,1-2H3. The zero-order valence-electron chi connectivity index (χ0n) is 20.9. The molecule has 0 amide bonds.